The molecule has 162 valence electrons. The van der Waals surface area contributed by atoms with Crippen molar-refractivity contribution in [2.45, 2.75) is 11.4 Å². The lowest BCUT2D eigenvalue weighted by atomic mass is 10.2. The summed E-state index contributed by atoms with van der Waals surface area (Å²) in [5.74, 6) is -1.15. The number of amides is 1. The van der Waals surface area contributed by atoms with Crippen LogP contribution in [0.1, 0.15) is 15.2 Å². The summed E-state index contributed by atoms with van der Waals surface area (Å²) in [6, 6.07) is 7.64. The van der Waals surface area contributed by atoms with Crippen molar-refractivity contribution >= 4 is 56.3 Å². The maximum Gasteiger partial charge on any atom is 0.340 e. The van der Waals surface area contributed by atoms with E-state index >= 15 is 0 Å². The highest BCUT2D eigenvalue weighted by Crippen LogP contribution is 2.23. The van der Waals surface area contributed by atoms with Crippen molar-refractivity contribution in [3.05, 3.63) is 50.1 Å². The van der Waals surface area contributed by atoms with Gasteiger partial charge in [-0.25, -0.2) is 13.2 Å². The molecule has 0 saturated carbocycles. The number of sulfone groups is 1. The summed E-state index contributed by atoms with van der Waals surface area (Å²) >= 11 is 13.5. The number of hydrogen-bond donors (Lipinski definition) is 0. The number of hydrogen-bond acceptors (Lipinski definition) is 7. The number of carbonyl (C=O) groups excluding carboxylic acids is 2. The summed E-state index contributed by atoms with van der Waals surface area (Å²) < 4.78 is 29.2. The number of thiophene rings is 1. The second-order valence-corrected chi connectivity index (χ2v) is 11.1. The Morgan fingerprint density at radius 3 is 2.40 bits per heavy atom. The van der Waals surface area contributed by atoms with Crippen LogP contribution < -0.4 is 0 Å². The van der Waals surface area contributed by atoms with Crippen LogP contribution in [0.4, 0.5) is 0 Å². The topological polar surface area (TPSA) is 84.0 Å². The first-order valence-corrected chi connectivity index (χ1v) is 12.5. The lowest BCUT2D eigenvalue weighted by Gasteiger charge is -2.34. The highest BCUT2D eigenvalue weighted by molar-refractivity contribution is 7.90. The summed E-state index contributed by atoms with van der Waals surface area (Å²) in [4.78, 5) is 29.7. The molecule has 11 heteroatoms. The Morgan fingerprint density at radius 1 is 1.10 bits per heavy atom. The van der Waals surface area contributed by atoms with E-state index in [1.165, 1.54) is 28.3 Å². The molecule has 1 amide bonds. The third kappa shape index (κ3) is 5.95. The zero-order valence-corrected chi connectivity index (χ0v) is 19.3. The minimum absolute atomic E-state index is 0.0478. The van der Waals surface area contributed by atoms with E-state index in [2.05, 4.69) is 4.90 Å². The van der Waals surface area contributed by atoms with Crippen molar-refractivity contribution in [3.8, 4) is 0 Å². The van der Waals surface area contributed by atoms with Crippen LogP contribution in [0.15, 0.2) is 35.2 Å². The number of benzene rings is 1. The number of nitrogens with zero attached hydrogens (tertiary/aromatic N) is 2. The van der Waals surface area contributed by atoms with Gasteiger partial charge in [-0.3, -0.25) is 9.69 Å². The van der Waals surface area contributed by atoms with Crippen LogP contribution in [-0.4, -0.2) is 69.1 Å². The molecule has 1 fully saturated rings. The summed E-state index contributed by atoms with van der Waals surface area (Å²) in [6.07, 6.45) is 1.03. The van der Waals surface area contributed by atoms with Gasteiger partial charge in [-0.15, -0.1) is 11.3 Å². The Hall–Kier alpha value is -1.65. The molecule has 30 heavy (non-hydrogen) atoms. The van der Waals surface area contributed by atoms with Crippen LogP contribution in [0.25, 0.3) is 0 Å². The van der Waals surface area contributed by atoms with Gasteiger partial charge in [-0.05, 0) is 30.3 Å². The molecule has 2 aromatic rings. The van der Waals surface area contributed by atoms with E-state index < -0.39 is 22.4 Å². The van der Waals surface area contributed by atoms with Gasteiger partial charge in [-0.1, -0.05) is 23.2 Å². The molecule has 1 saturated heterocycles. The summed E-state index contributed by atoms with van der Waals surface area (Å²) in [7, 11) is -3.50. The highest BCUT2D eigenvalue weighted by atomic mass is 35.5. The number of esters is 1. The third-order valence-electron chi connectivity index (χ3n) is 4.65. The van der Waals surface area contributed by atoms with Crippen molar-refractivity contribution in [3.63, 3.8) is 0 Å². The van der Waals surface area contributed by atoms with Crippen LogP contribution in [-0.2, 0) is 25.9 Å². The fraction of sp³-hybridized carbons (Fsp3) is 0.368. The van der Waals surface area contributed by atoms with E-state index in [0.29, 0.717) is 26.2 Å². The maximum absolute atomic E-state index is 12.4. The predicted octanol–water partition coefficient (Wildman–Crippen LogP) is 2.96. The van der Waals surface area contributed by atoms with E-state index in [0.717, 1.165) is 23.2 Å². The molecule has 7 nitrogen and oxygen atoms in total. The molecule has 1 aliphatic heterocycles. The first-order valence-electron chi connectivity index (χ1n) is 9.04. The van der Waals surface area contributed by atoms with Crippen molar-refractivity contribution in [1.29, 1.82) is 0 Å². The molecule has 0 atom stereocenters. The monoisotopic (exact) mass is 490 g/mol. The van der Waals surface area contributed by atoms with Crippen LogP contribution >= 0.6 is 34.5 Å². The van der Waals surface area contributed by atoms with Gasteiger partial charge in [0.25, 0.3) is 5.91 Å². The Labute approximate surface area is 189 Å². The van der Waals surface area contributed by atoms with Crippen LogP contribution in [0.5, 0.6) is 0 Å². The van der Waals surface area contributed by atoms with Crippen molar-refractivity contribution in [2.24, 2.45) is 0 Å². The first kappa shape index (κ1) is 23.0. The van der Waals surface area contributed by atoms with E-state index in [1.807, 2.05) is 12.1 Å². The standard InChI is InChI=1S/C19H20Cl2N2O5S2/c1-30(26,27)14-3-4-16(20)15(10-14)19(25)28-12-18(24)23-8-6-22(7-9-23)11-13-2-5-17(21)29-13/h2-5,10H,6-9,11-12H2,1H3. The Kier molecular flexibility index (Phi) is 7.41. The first-order chi connectivity index (χ1) is 14.1. The van der Waals surface area contributed by atoms with Gasteiger partial charge in [0.2, 0.25) is 0 Å². The lowest BCUT2D eigenvalue weighted by Crippen LogP contribution is -2.49. The van der Waals surface area contributed by atoms with Crippen molar-refractivity contribution in [1.82, 2.24) is 9.80 Å². The van der Waals surface area contributed by atoms with Crippen molar-refractivity contribution in [2.75, 3.05) is 39.0 Å². The zero-order chi connectivity index (χ0) is 21.9. The number of halogens is 2. The molecule has 0 aliphatic carbocycles. The Balaban J connectivity index is 1.51. The summed E-state index contributed by atoms with van der Waals surface area (Å²) in [5.41, 5.74) is -0.0909. The average Bonchev–Trinajstić information content (AvgIpc) is 3.10. The van der Waals surface area contributed by atoms with Gasteiger partial charge in [0.05, 0.1) is 19.8 Å². The molecule has 1 aliphatic rings. The molecule has 1 aromatic carbocycles. The summed E-state index contributed by atoms with van der Waals surface area (Å²) in [5, 5.41) is 0.0575. The normalized spacial score (nSPS) is 15.2. The van der Waals surface area contributed by atoms with Crippen LogP contribution in [0.3, 0.4) is 0 Å². The lowest BCUT2D eigenvalue weighted by molar-refractivity contribution is -0.136. The third-order valence-corrected chi connectivity index (χ3v) is 7.30. The average molecular weight is 491 g/mol. The number of piperazine rings is 1. The SMILES string of the molecule is CS(=O)(=O)c1ccc(Cl)c(C(=O)OCC(=O)N2CCN(Cc3ccc(Cl)s3)CC2)c1. The molecule has 0 bridgehead atoms. The fourth-order valence-electron chi connectivity index (χ4n) is 3.00. The number of rotatable bonds is 6. The largest absolute Gasteiger partial charge is 0.452 e. The molecule has 0 N–H and O–H groups in total. The van der Waals surface area contributed by atoms with E-state index in [-0.39, 0.29) is 21.4 Å². The Bertz CT molecular complexity index is 1050. The summed E-state index contributed by atoms with van der Waals surface area (Å²) in [6.45, 7) is 2.82. The van der Waals surface area contributed by atoms with Gasteiger partial charge in [0, 0.05) is 43.9 Å². The second-order valence-electron chi connectivity index (χ2n) is 6.85. The Morgan fingerprint density at radius 2 is 1.80 bits per heavy atom. The van der Waals surface area contributed by atoms with Gasteiger partial charge in [-0.2, -0.15) is 0 Å². The van der Waals surface area contributed by atoms with Crippen LogP contribution in [0, 0.1) is 0 Å². The molecule has 1 aromatic heterocycles. The quantitative estimate of drug-likeness (QED) is 0.578. The minimum atomic E-state index is -3.50. The molecule has 0 spiro atoms. The molecular weight excluding hydrogens is 471 g/mol. The highest BCUT2D eigenvalue weighted by Gasteiger charge is 2.23. The zero-order valence-electron chi connectivity index (χ0n) is 16.1. The fourth-order valence-corrected chi connectivity index (χ4v) is 4.97. The second kappa shape index (κ2) is 9.65. The van der Waals surface area contributed by atoms with Crippen molar-refractivity contribution < 1.29 is 22.7 Å². The molecule has 2 heterocycles. The van der Waals surface area contributed by atoms with Gasteiger partial charge >= 0.3 is 5.97 Å². The van der Waals surface area contributed by atoms with Crippen LogP contribution in [0.2, 0.25) is 9.36 Å². The smallest absolute Gasteiger partial charge is 0.340 e. The number of ether oxygens (including phenoxy) is 1. The molecule has 0 radical (unpaired) electrons. The molecular formula is C19H20Cl2N2O5S2. The van der Waals surface area contributed by atoms with Gasteiger partial charge in [0.1, 0.15) is 0 Å². The van der Waals surface area contributed by atoms with E-state index in [4.69, 9.17) is 27.9 Å². The molecule has 3 rings (SSSR count). The predicted molar refractivity (Wildman–Crippen MR) is 116 cm³/mol. The number of carbonyl (C=O) groups is 2. The minimum Gasteiger partial charge on any atom is -0.452 e. The van der Waals surface area contributed by atoms with Gasteiger partial charge < -0.3 is 9.64 Å². The van der Waals surface area contributed by atoms with E-state index in [1.54, 1.807) is 4.90 Å². The van der Waals surface area contributed by atoms with Gasteiger partial charge in [0.15, 0.2) is 16.4 Å². The molecule has 0 unspecified atom stereocenters. The maximum atomic E-state index is 12.4. The van der Waals surface area contributed by atoms with E-state index in [9.17, 15) is 18.0 Å².